The summed E-state index contributed by atoms with van der Waals surface area (Å²) in [6.45, 7) is 3.71. The lowest BCUT2D eigenvalue weighted by Gasteiger charge is -2.27. The van der Waals surface area contributed by atoms with Crippen LogP contribution < -0.4 is 16.0 Å². The molecule has 2 heterocycles. The predicted molar refractivity (Wildman–Crippen MR) is 87.6 cm³/mol. The van der Waals surface area contributed by atoms with Gasteiger partial charge in [0.15, 0.2) is 0 Å². The van der Waals surface area contributed by atoms with Crippen LogP contribution in [0.3, 0.4) is 0 Å². The SMILES string of the molecule is CCOC(=O)c1sc(N2CCSCC2)c(C(=O)NC)c1N. The zero-order valence-electron chi connectivity index (χ0n) is 12.1. The van der Waals surface area contributed by atoms with Crippen LogP contribution in [0.15, 0.2) is 0 Å². The number of nitrogens with two attached hydrogens (primary N) is 1. The number of carbonyl (C=O) groups excluding carboxylic acids is 2. The minimum Gasteiger partial charge on any atom is -0.462 e. The molecule has 1 saturated heterocycles. The van der Waals surface area contributed by atoms with Crippen LogP contribution in [0.25, 0.3) is 0 Å². The second-order valence-electron chi connectivity index (χ2n) is 4.42. The molecule has 1 fully saturated rings. The molecule has 0 atom stereocenters. The summed E-state index contributed by atoms with van der Waals surface area (Å²) in [6, 6.07) is 0. The van der Waals surface area contributed by atoms with E-state index in [2.05, 4.69) is 10.2 Å². The minimum absolute atomic E-state index is 0.214. The van der Waals surface area contributed by atoms with Crippen molar-refractivity contribution in [3.8, 4) is 0 Å². The third-order valence-electron chi connectivity index (χ3n) is 3.14. The average Bonchev–Trinajstić information content (AvgIpc) is 2.85. The number of carbonyl (C=O) groups is 2. The summed E-state index contributed by atoms with van der Waals surface area (Å²) >= 11 is 3.12. The first-order valence-corrected chi connectivity index (χ1v) is 8.71. The van der Waals surface area contributed by atoms with Crippen LogP contribution in [-0.4, -0.2) is 50.1 Å². The van der Waals surface area contributed by atoms with Crippen molar-refractivity contribution >= 4 is 45.7 Å². The number of hydrogen-bond donors (Lipinski definition) is 2. The molecule has 0 bridgehead atoms. The summed E-state index contributed by atoms with van der Waals surface area (Å²) in [5.74, 6) is 1.26. The van der Waals surface area contributed by atoms with Gasteiger partial charge in [0.05, 0.1) is 17.9 Å². The molecular formula is C13H19N3O3S2. The summed E-state index contributed by atoms with van der Waals surface area (Å²) in [6.07, 6.45) is 0. The Morgan fingerprint density at radius 1 is 1.38 bits per heavy atom. The fourth-order valence-corrected chi connectivity index (χ4v) is 4.18. The summed E-state index contributed by atoms with van der Waals surface area (Å²) < 4.78 is 5.01. The molecule has 1 aliphatic rings. The molecular weight excluding hydrogens is 310 g/mol. The first-order valence-electron chi connectivity index (χ1n) is 6.74. The maximum absolute atomic E-state index is 12.1. The van der Waals surface area contributed by atoms with Gasteiger partial charge in [-0.15, -0.1) is 11.3 Å². The van der Waals surface area contributed by atoms with Crippen molar-refractivity contribution < 1.29 is 14.3 Å². The quantitative estimate of drug-likeness (QED) is 0.813. The Balaban J connectivity index is 2.43. The van der Waals surface area contributed by atoms with E-state index in [1.54, 1.807) is 14.0 Å². The second-order valence-corrected chi connectivity index (χ2v) is 6.65. The normalized spacial score (nSPS) is 14.9. The van der Waals surface area contributed by atoms with Gasteiger partial charge in [0.1, 0.15) is 9.88 Å². The first kappa shape index (κ1) is 16.0. The summed E-state index contributed by atoms with van der Waals surface area (Å²) in [7, 11) is 1.55. The average molecular weight is 329 g/mol. The van der Waals surface area contributed by atoms with E-state index in [0.29, 0.717) is 10.4 Å². The van der Waals surface area contributed by atoms with Crippen LogP contribution in [0.1, 0.15) is 27.0 Å². The Kier molecular flexibility index (Phi) is 5.35. The van der Waals surface area contributed by atoms with Crippen LogP contribution in [-0.2, 0) is 4.74 Å². The maximum atomic E-state index is 12.1. The lowest BCUT2D eigenvalue weighted by molar-refractivity contribution is 0.0533. The number of nitrogen functional groups attached to an aromatic ring is 1. The summed E-state index contributed by atoms with van der Waals surface area (Å²) in [4.78, 5) is 26.5. The highest BCUT2D eigenvalue weighted by atomic mass is 32.2. The Bertz CT molecular complexity index is 539. The van der Waals surface area contributed by atoms with Crippen LogP contribution >= 0.6 is 23.1 Å². The van der Waals surface area contributed by atoms with E-state index in [0.717, 1.165) is 29.6 Å². The van der Waals surface area contributed by atoms with Gasteiger partial charge in [0, 0.05) is 31.6 Å². The number of hydrogen-bond acceptors (Lipinski definition) is 7. The highest BCUT2D eigenvalue weighted by Gasteiger charge is 2.29. The number of thioether (sulfide) groups is 1. The maximum Gasteiger partial charge on any atom is 0.350 e. The lowest BCUT2D eigenvalue weighted by Crippen LogP contribution is -2.33. The van der Waals surface area contributed by atoms with Crippen LogP contribution in [0.5, 0.6) is 0 Å². The standard InChI is InChI=1S/C13H19N3O3S2/c1-3-19-13(18)10-9(14)8(11(17)15-2)12(21-10)16-4-6-20-7-5-16/h3-7,14H2,1-2H3,(H,15,17). The molecule has 2 rings (SSSR count). The Hall–Kier alpha value is -1.41. The highest BCUT2D eigenvalue weighted by molar-refractivity contribution is 7.99. The van der Waals surface area contributed by atoms with E-state index in [1.165, 1.54) is 11.3 Å². The molecule has 1 aliphatic heterocycles. The van der Waals surface area contributed by atoms with Crippen LogP contribution in [0.2, 0.25) is 0 Å². The first-order chi connectivity index (χ1) is 10.1. The molecule has 0 spiro atoms. The van der Waals surface area contributed by atoms with Gasteiger partial charge in [0.2, 0.25) is 0 Å². The molecule has 116 valence electrons. The van der Waals surface area contributed by atoms with Gasteiger partial charge in [0.25, 0.3) is 5.91 Å². The largest absolute Gasteiger partial charge is 0.462 e. The van der Waals surface area contributed by atoms with Crippen LogP contribution in [0.4, 0.5) is 10.7 Å². The van der Waals surface area contributed by atoms with E-state index < -0.39 is 5.97 Å². The number of amides is 1. The van der Waals surface area contributed by atoms with Crippen molar-refractivity contribution in [2.75, 3.05) is 48.9 Å². The fraction of sp³-hybridized carbons (Fsp3) is 0.538. The molecule has 21 heavy (non-hydrogen) atoms. The van der Waals surface area contributed by atoms with Gasteiger partial charge in [-0.3, -0.25) is 4.79 Å². The molecule has 3 N–H and O–H groups in total. The number of thiophene rings is 1. The summed E-state index contributed by atoms with van der Waals surface area (Å²) in [5, 5.41) is 3.35. The third-order valence-corrected chi connectivity index (χ3v) is 5.33. The highest BCUT2D eigenvalue weighted by Crippen LogP contribution is 2.39. The number of nitrogens with zero attached hydrogens (tertiary/aromatic N) is 1. The number of rotatable bonds is 4. The van der Waals surface area contributed by atoms with Gasteiger partial charge in [-0.2, -0.15) is 11.8 Å². The molecule has 1 amide bonds. The van der Waals surface area contributed by atoms with Gasteiger partial charge in [-0.25, -0.2) is 4.79 Å². The van der Waals surface area contributed by atoms with Crippen molar-refractivity contribution in [1.29, 1.82) is 0 Å². The molecule has 1 aromatic heterocycles. The van der Waals surface area contributed by atoms with Crippen molar-refractivity contribution in [3.05, 3.63) is 10.4 Å². The molecule has 0 aromatic carbocycles. The van der Waals surface area contributed by atoms with E-state index >= 15 is 0 Å². The Labute approximate surface area is 132 Å². The van der Waals surface area contributed by atoms with Crippen LogP contribution in [0, 0.1) is 0 Å². The Morgan fingerprint density at radius 3 is 2.62 bits per heavy atom. The van der Waals surface area contributed by atoms with Crippen molar-refractivity contribution in [2.45, 2.75) is 6.92 Å². The minimum atomic E-state index is -0.470. The molecule has 0 saturated carbocycles. The van der Waals surface area contributed by atoms with Crippen molar-refractivity contribution in [1.82, 2.24) is 5.32 Å². The van der Waals surface area contributed by atoms with Gasteiger partial charge in [-0.05, 0) is 6.92 Å². The fourth-order valence-electron chi connectivity index (χ4n) is 2.11. The lowest BCUT2D eigenvalue weighted by atomic mass is 10.2. The number of nitrogens with one attached hydrogen (secondary N) is 1. The molecule has 8 heteroatoms. The van der Waals surface area contributed by atoms with E-state index in [9.17, 15) is 9.59 Å². The molecule has 6 nitrogen and oxygen atoms in total. The van der Waals surface area contributed by atoms with Gasteiger partial charge >= 0.3 is 5.97 Å². The zero-order chi connectivity index (χ0) is 15.4. The van der Waals surface area contributed by atoms with E-state index in [1.807, 2.05) is 11.8 Å². The van der Waals surface area contributed by atoms with Gasteiger partial charge < -0.3 is 20.7 Å². The number of esters is 1. The topological polar surface area (TPSA) is 84.7 Å². The van der Waals surface area contributed by atoms with Gasteiger partial charge in [-0.1, -0.05) is 0 Å². The summed E-state index contributed by atoms with van der Waals surface area (Å²) in [5.41, 5.74) is 6.64. The molecule has 1 aromatic rings. The van der Waals surface area contributed by atoms with E-state index in [-0.39, 0.29) is 18.2 Å². The monoisotopic (exact) mass is 329 g/mol. The Morgan fingerprint density at radius 2 is 2.05 bits per heavy atom. The smallest absolute Gasteiger partial charge is 0.350 e. The van der Waals surface area contributed by atoms with Crippen molar-refractivity contribution in [2.24, 2.45) is 0 Å². The number of ether oxygens (including phenoxy) is 1. The van der Waals surface area contributed by atoms with Crippen molar-refractivity contribution in [3.63, 3.8) is 0 Å². The molecule has 0 aliphatic carbocycles. The predicted octanol–water partition coefficient (Wildman–Crippen LogP) is 1.42. The molecule has 0 radical (unpaired) electrons. The number of anilines is 2. The van der Waals surface area contributed by atoms with E-state index in [4.69, 9.17) is 10.5 Å². The molecule has 0 unspecified atom stereocenters. The third kappa shape index (κ3) is 3.26. The zero-order valence-corrected chi connectivity index (χ0v) is 13.7. The second kappa shape index (κ2) is 7.04.